The van der Waals surface area contributed by atoms with Gasteiger partial charge in [0, 0.05) is 11.4 Å². The van der Waals surface area contributed by atoms with Crippen LogP contribution in [0.4, 0.5) is 13.9 Å². The minimum absolute atomic E-state index is 0.156. The standard InChI is InChI=1S/C18H19F2N3O4S/c1-2-3-14(17(27)23-18-21-13(9-28-18)8-16(25)26)22-15(24)6-10-4-11(19)7-12(20)5-10/h4-5,7,9,14H,2-3,6,8H2,1H3,(H,22,24)(H,25,26)(H,21,23,27). The first-order chi connectivity index (χ1) is 13.3. The number of carbonyl (C=O) groups excluding carboxylic acids is 2. The average molecular weight is 411 g/mol. The number of carboxylic acid groups (broad SMARTS) is 1. The molecule has 3 N–H and O–H groups in total. The highest BCUT2D eigenvalue weighted by Gasteiger charge is 2.21. The fraction of sp³-hybridized carbons (Fsp3) is 0.333. The molecule has 1 atom stereocenters. The first kappa shape index (κ1) is 21.4. The number of carbonyl (C=O) groups is 3. The van der Waals surface area contributed by atoms with Gasteiger partial charge in [0.05, 0.1) is 18.5 Å². The number of hydrogen-bond donors (Lipinski definition) is 3. The summed E-state index contributed by atoms with van der Waals surface area (Å²) < 4.78 is 26.5. The number of carboxylic acids is 1. The molecule has 1 aromatic heterocycles. The van der Waals surface area contributed by atoms with E-state index in [9.17, 15) is 23.2 Å². The normalized spacial score (nSPS) is 11.7. The Morgan fingerprint density at radius 2 is 1.86 bits per heavy atom. The summed E-state index contributed by atoms with van der Waals surface area (Å²) in [6.45, 7) is 1.84. The van der Waals surface area contributed by atoms with Crippen molar-refractivity contribution in [1.82, 2.24) is 10.3 Å². The van der Waals surface area contributed by atoms with Crippen LogP contribution in [0.3, 0.4) is 0 Å². The highest BCUT2D eigenvalue weighted by atomic mass is 32.1. The molecule has 1 aromatic carbocycles. The van der Waals surface area contributed by atoms with Crippen LogP contribution in [-0.2, 0) is 27.2 Å². The molecule has 0 radical (unpaired) electrons. The van der Waals surface area contributed by atoms with E-state index in [0.29, 0.717) is 24.6 Å². The van der Waals surface area contributed by atoms with E-state index >= 15 is 0 Å². The Morgan fingerprint density at radius 3 is 2.46 bits per heavy atom. The van der Waals surface area contributed by atoms with Gasteiger partial charge in [0.15, 0.2) is 5.13 Å². The largest absolute Gasteiger partial charge is 0.481 e. The van der Waals surface area contributed by atoms with Gasteiger partial charge >= 0.3 is 5.97 Å². The molecule has 2 rings (SSSR count). The Morgan fingerprint density at radius 1 is 1.18 bits per heavy atom. The van der Waals surface area contributed by atoms with Crippen LogP contribution in [0.15, 0.2) is 23.6 Å². The van der Waals surface area contributed by atoms with Gasteiger partial charge in [-0.3, -0.25) is 14.4 Å². The number of nitrogens with zero attached hydrogens (tertiary/aromatic N) is 1. The summed E-state index contributed by atoms with van der Waals surface area (Å²) in [5.41, 5.74) is 0.473. The zero-order chi connectivity index (χ0) is 20.7. The number of anilines is 1. The maximum Gasteiger partial charge on any atom is 0.309 e. The Balaban J connectivity index is 1.98. The molecule has 0 saturated heterocycles. The van der Waals surface area contributed by atoms with Crippen molar-refractivity contribution in [1.29, 1.82) is 0 Å². The van der Waals surface area contributed by atoms with Crippen LogP contribution in [0, 0.1) is 11.6 Å². The van der Waals surface area contributed by atoms with Crippen LogP contribution in [0.25, 0.3) is 0 Å². The second-order valence-corrected chi connectivity index (χ2v) is 6.93. The lowest BCUT2D eigenvalue weighted by Gasteiger charge is -2.17. The van der Waals surface area contributed by atoms with Crippen molar-refractivity contribution in [3.63, 3.8) is 0 Å². The van der Waals surface area contributed by atoms with E-state index < -0.39 is 35.5 Å². The molecule has 0 aliphatic carbocycles. The first-order valence-electron chi connectivity index (χ1n) is 8.48. The number of halogens is 2. The topological polar surface area (TPSA) is 108 Å². The third-order valence-corrected chi connectivity index (χ3v) is 4.44. The molecule has 28 heavy (non-hydrogen) atoms. The monoisotopic (exact) mass is 411 g/mol. The van der Waals surface area contributed by atoms with E-state index in [1.807, 2.05) is 6.92 Å². The molecule has 0 saturated carbocycles. The highest BCUT2D eigenvalue weighted by Crippen LogP contribution is 2.17. The SMILES string of the molecule is CCCC(NC(=O)Cc1cc(F)cc(F)c1)C(=O)Nc1nc(CC(=O)O)cs1. The lowest BCUT2D eigenvalue weighted by Crippen LogP contribution is -2.44. The van der Waals surface area contributed by atoms with Crippen molar-refractivity contribution in [3.8, 4) is 0 Å². The highest BCUT2D eigenvalue weighted by molar-refractivity contribution is 7.13. The molecule has 7 nitrogen and oxygen atoms in total. The fourth-order valence-electron chi connectivity index (χ4n) is 2.49. The van der Waals surface area contributed by atoms with Crippen molar-refractivity contribution in [2.75, 3.05) is 5.32 Å². The molecular formula is C18H19F2N3O4S. The molecule has 0 spiro atoms. The molecule has 2 amide bonds. The van der Waals surface area contributed by atoms with E-state index in [-0.39, 0.29) is 23.5 Å². The molecule has 0 aliphatic heterocycles. The summed E-state index contributed by atoms with van der Waals surface area (Å²) in [6, 6.07) is 1.96. The number of aliphatic carboxylic acids is 1. The summed E-state index contributed by atoms with van der Waals surface area (Å²) in [5, 5.41) is 15.6. The lowest BCUT2D eigenvalue weighted by molar-refractivity contribution is -0.136. The summed E-state index contributed by atoms with van der Waals surface area (Å²) in [7, 11) is 0. The molecule has 0 aliphatic rings. The van der Waals surface area contributed by atoms with Crippen LogP contribution in [0.2, 0.25) is 0 Å². The number of amides is 2. The second kappa shape index (κ2) is 9.88. The zero-order valence-electron chi connectivity index (χ0n) is 15.0. The molecular weight excluding hydrogens is 392 g/mol. The van der Waals surface area contributed by atoms with Gasteiger partial charge in [-0.05, 0) is 24.1 Å². The van der Waals surface area contributed by atoms with Gasteiger partial charge in [0.25, 0.3) is 0 Å². The Hall–Kier alpha value is -2.88. The van der Waals surface area contributed by atoms with Gasteiger partial charge in [0.2, 0.25) is 11.8 Å². The summed E-state index contributed by atoms with van der Waals surface area (Å²) in [5.74, 6) is -3.66. The lowest BCUT2D eigenvalue weighted by atomic mass is 10.1. The first-order valence-corrected chi connectivity index (χ1v) is 9.36. The van der Waals surface area contributed by atoms with E-state index in [1.165, 1.54) is 5.38 Å². The van der Waals surface area contributed by atoms with Gasteiger partial charge in [-0.2, -0.15) is 0 Å². The van der Waals surface area contributed by atoms with Crippen LogP contribution in [0.1, 0.15) is 31.0 Å². The minimum Gasteiger partial charge on any atom is -0.481 e. The van der Waals surface area contributed by atoms with Gasteiger partial charge < -0.3 is 15.7 Å². The number of thiazole rings is 1. The van der Waals surface area contributed by atoms with Crippen LogP contribution in [0.5, 0.6) is 0 Å². The van der Waals surface area contributed by atoms with Crippen molar-refractivity contribution in [2.45, 2.75) is 38.6 Å². The minimum atomic E-state index is -1.03. The number of hydrogen-bond acceptors (Lipinski definition) is 5. The smallest absolute Gasteiger partial charge is 0.309 e. The number of nitrogens with one attached hydrogen (secondary N) is 2. The number of benzene rings is 1. The van der Waals surface area contributed by atoms with Crippen LogP contribution >= 0.6 is 11.3 Å². The van der Waals surface area contributed by atoms with Crippen LogP contribution < -0.4 is 10.6 Å². The van der Waals surface area contributed by atoms with Crippen molar-refractivity contribution >= 4 is 34.3 Å². The third kappa shape index (κ3) is 6.69. The molecule has 0 bridgehead atoms. The molecule has 150 valence electrons. The van der Waals surface area contributed by atoms with Crippen molar-refractivity contribution in [2.24, 2.45) is 0 Å². The summed E-state index contributed by atoms with van der Waals surface area (Å²) in [6.07, 6.45) is 0.422. The molecule has 1 unspecified atom stereocenters. The Kier molecular flexibility index (Phi) is 7.56. The zero-order valence-corrected chi connectivity index (χ0v) is 15.8. The number of rotatable bonds is 9. The Bertz CT molecular complexity index is 852. The summed E-state index contributed by atoms with van der Waals surface area (Å²) in [4.78, 5) is 39.3. The van der Waals surface area contributed by atoms with Gasteiger partial charge in [-0.15, -0.1) is 11.3 Å². The maximum absolute atomic E-state index is 13.2. The van der Waals surface area contributed by atoms with Gasteiger partial charge in [-0.25, -0.2) is 13.8 Å². The second-order valence-electron chi connectivity index (χ2n) is 6.07. The Labute approximate surface area is 163 Å². The van der Waals surface area contributed by atoms with Crippen LogP contribution in [-0.4, -0.2) is 33.9 Å². The van der Waals surface area contributed by atoms with E-state index in [0.717, 1.165) is 23.5 Å². The quantitative estimate of drug-likeness (QED) is 0.588. The summed E-state index contributed by atoms with van der Waals surface area (Å²) >= 11 is 1.08. The predicted molar refractivity (Wildman–Crippen MR) is 99.0 cm³/mol. The van der Waals surface area contributed by atoms with Gasteiger partial charge in [0.1, 0.15) is 17.7 Å². The average Bonchev–Trinajstić information content (AvgIpc) is 2.99. The van der Waals surface area contributed by atoms with E-state index in [2.05, 4.69) is 15.6 Å². The molecule has 10 heteroatoms. The van der Waals surface area contributed by atoms with E-state index in [4.69, 9.17) is 5.11 Å². The fourth-order valence-corrected chi connectivity index (χ4v) is 3.21. The molecule has 0 fully saturated rings. The molecule has 1 heterocycles. The van der Waals surface area contributed by atoms with E-state index in [1.54, 1.807) is 0 Å². The molecule has 2 aromatic rings. The van der Waals surface area contributed by atoms with Crippen molar-refractivity contribution in [3.05, 3.63) is 46.5 Å². The maximum atomic E-state index is 13.2. The number of aromatic nitrogens is 1. The van der Waals surface area contributed by atoms with Gasteiger partial charge in [-0.1, -0.05) is 13.3 Å². The van der Waals surface area contributed by atoms with Crippen molar-refractivity contribution < 1.29 is 28.3 Å². The third-order valence-electron chi connectivity index (χ3n) is 3.63. The predicted octanol–water partition coefficient (Wildman–Crippen LogP) is 2.51.